The van der Waals surface area contributed by atoms with Crippen LogP contribution < -0.4 is 0 Å². The minimum atomic E-state index is -0.829. The molecule has 2 fully saturated rings. The van der Waals surface area contributed by atoms with Gasteiger partial charge in [-0.1, -0.05) is 74.2 Å². The van der Waals surface area contributed by atoms with E-state index in [1.807, 2.05) is 36.7 Å². The van der Waals surface area contributed by atoms with Gasteiger partial charge in [0.25, 0.3) is 5.24 Å². The Hall–Kier alpha value is -2.67. The van der Waals surface area contributed by atoms with Crippen LogP contribution in [0.4, 0.5) is 4.79 Å². The van der Waals surface area contributed by atoms with Gasteiger partial charge in [0.15, 0.2) is 5.82 Å². The topological polar surface area (TPSA) is 83.4 Å². The van der Waals surface area contributed by atoms with Gasteiger partial charge in [0, 0.05) is 42.4 Å². The van der Waals surface area contributed by atoms with Crippen LogP contribution in [-0.4, -0.2) is 44.3 Å². The summed E-state index contributed by atoms with van der Waals surface area (Å²) < 4.78 is 0. The fourth-order valence-electron chi connectivity index (χ4n) is 5.78. The van der Waals surface area contributed by atoms with Gasteiger partial charge < -0.3 is 10.0 Å². The van der Waals surface area contributed by atoms with E-state index in [1.165, 1.54) is 68.7 Å². The third kappa shape index (κ3) is 6.00. The number of aliphatic carboxylic acids is 1. The van der Waals surface area contributed by atoms with Crippen LogP contribution in [0.1, 0.15) is 68.9 Å². The first kappa shape index (κ1) is 25.0. The molecule has 5 rings (SSSR count). The minimum absolute atomic E-state index is 0.0617. The average Bonchev–Trinajstić information content (AvgIpc) is 3.14. The lowest BCUT2D eigenvalue weighted by atomic mass is 9.77. The smallest absolute Gasteiger partial charge is 0.310 e. The molecule has 2 aliphatic carbocycles. The molecule has 1 aromatic heterocycles. The van der Waals surface area contributed by atoms with Gasteiger partial charge >= 0.3 is 5.97 Å². The highest BCUT2D eigenvalue weighted by Crippen LogP contribution is 2.38. The van der Waals surface area contributed by atoms with Crippen LogP contribution in [0, 0.1) is 17.8 Å². The summed E-state index contributed by atoms with van der Waals surface area (Å²) in [6.07, 6.45) is 18.4. The molecule has 190 valence electrons. The van der Waals surface area contributed by atoms with Crippen molar-refractivity contribution < 1.29 is 14.7 Å². The molecule has 0 bridgehead atoms. The number of benzene rings is 1. The van der Waals surface area contributed by atoms with E-state index in [1.54, 1.807) is 4.90 Å². The van der Waals surface area contributed by atoms with E-state index in [0.717, 1.165) is 34.9 Å². The van der Waals surface area contributed by atoms with E-state index in [4.69, 9.17) is 5.11 Å². The number of thioether (sulfide) groups is 1. The predicted octanol–water partition coefficient (Wildman–Crippen LogP) is 6.67. The summed E-state index contributed by atoms with van der Waals surface area (Å²) in [6.45, 7) is 0.622. The van der Waals surface area contributed by atoms with Crippen LogP contribution in [-0.2, 0) is 10.5 Å². The monoisotopic (exact) mass is 505 g/mol. The number of likely N-dealkylation sites (tertiary alicyclic amines) is 1. The molecular weight excluding hydrogens is 470 g/mol. The zero-order valence-electron chi connectivity index (χ0n) is 20.8. The highest BCUT2D eigenvalue weighted by molar-refractivity contribution is 8.12. The Balaban J connectivity index is 1.14. The van der Waals surface area contributed by atoms with Gasteiger partial charge in [-0.05, 0) is 48.7 Å². The van der Waals surface area contributed by atoms with Crippen LogP contribution in [0.3, 0.4) is 0 Å². The highest BCUT2D eigenvalue weighted by atomic mass is 32.2. The standard InChI is InChI=1S/C29H35N3O3S/c33-28(34)26-17-32(18-26)29(35)36-19-20-9-11-24(12-10-20)27-30-15-25(16-31-27)23-8-4-7-22(13-14-23)21-5-2-1-3-6-21/h9-12,14-16,21-22,26H,1-8,13,17-19H2,(H,33,34). The molecule has 3 aliphatic rings. The van der Waals surface area contributed by atoms with Gasteiger partial charge in [0.05, 0.1) is 5.92 Å². The number of carboxylic acids is 1. The van der Waals surface area contributed by atoms with Crippen LogP contribution in [0.2, 0.25) is 0 Å². The number of carbonyl (C=O) groups excluding carboxylic acids is 1. The maximum atomic E-state index is 12.2. The zero-order valence-corrected chi connectivity index (χ0v) is 21.6. The van der Waals surface area contributed by atoms with Crippen LogP contribution in [0.25, 0.3) is 17.0 Å². The molecule has 1 aromatic carbocycles. The molecule has 1 N–H and O–H groups in total. The van der Waals surface area contributed by atoms with Crippen molar-refractivity contribution in [2.45, 2.75) is 63.5 Å². The van der Waals surface area contributed by atoms with Crippen molar-refractivity contribution in [2.75, 3.05) is 13.1 Å². The number of aromatic nitrogens is 2. The van der Waals surface area contributed by atoms with Crippen molar-refractivity contribution in [3.8, 4) is 11.4 Å². The summed E-state index contributed by atoms with van der Waals surface area (Å²) in [4.78, 5) is 34.0. The second-order valence-electron chi connectivity index (χ2n) is 10.5. The van der Waals surface area contributed by atoms with Crippen molar-refractivity contribution in [1.82, 2.24) is 14.9 Å². The Labute approximate surface area is 217 Å². The van der Waals surface area contributed by atoms with Gasteiger partial charge in [-0.3, -0.25) is 9.59 Å². The van der Waals surface area contributed by atoms with Gasteiger partial charge in [-0.2, -0.15) is 0 Å². The molecule has 0 spiro atoms. The summed E-state index contributed by atoms with van der Waals surface area (Å²) >= 11 is 1.21. The van der Waals surface area contributed by atoms with Gasteiger partial charge in [-0.25, -0.2) is 9.97 Å². The number of amides is 1. The minimum Gasteiger partial charge on any atom is -0.481 e. The van der Waals surface area contributed by atoms with E-state index < -0.39 is 11.9 Å². The Morgan fingerprint density at radius 1 is 0.917 bits per heavy atom. The molecule has 1 amide bonds. The first-order chi connectivity index (χ1) is 17.6. The average molecular weight is 506 g/mol. The van der Waals surface area contributed by atoms with Crippen molar-refractivity contribution >= 4 is 28.5 Å². The van der Waals surface area contributed by atoms with Crippen molar-refractivity contribution in [3.05, 3.63) is 53.9 Å². The molecule has 36 heavy (non-hydrogen) atoms. The summed E-state index contributed by atoms with van der Waals surface area (Å²) in [5.74, 6) is 1.80. The Morgan fingerprint density at radius 2 is 1.61 bits per heavy atom. The van der Waals surface area contributed by atoms with Gasteiger partial charge in [0.1, 0.15) is 0 Å². The SMILES string of the molecule is O=C(O)C1CN(C(=O)SCc2ccc(-c3ncc(C4=CCC(C5CCCCC5)CCC4)cn3)cc2)C1. The number of carbonyl (C=O) groups is 2. The second kappa shape index (κ2) is 11.6. The van der Waals surface area contributed by atoms with E-state index in [-0.39, 0.29) is 5.24 Å². The lowest BCUT2D eigenvalue weighted by molar-refractivity contribution is -0.145. The summed E-state index contributed by atoms with van der Waals surface area (Å²) in [6, 6.07) is 8.00. The first-order valence-electron chi connectivity index (χ1n) is 13.3. The third-order valence-corrected chi connectivity index (χ3v) is 9.07. The van der Waals surface area contributed by atoms with Crippen LogP contribution >= 0.6 is 11.8 Å². The van der Waals surface area contributed by atoms with E-state index in [0.29, 0.717) is 24.7 Å². The molecule has 2 aromatic rings. The number of hydrogen-bond donors (Lipinski definition) is 1. The molecule has 1 saturated heterocycles. The molecule has 0 radical (unpaired) electrons. The maximum absolute atomic E-state index is 12.2. The normalized spacial score (nSPS) is 21.4. The lowest BCUT2D eigenvalue weighted by Gasteiger charge is -2.36. The number of carboxylic acid groups (broad SMARTS) is 1. The Kier molecular flexibility index (Phi) is 8.05. The summed E-state index contributed by atoms with van der Waals surface area (Å²) in [5, 5.41) is 8.89. The Morgan fingerprint density at radius 3 is 2.31 bits per heavy atom. The molecule has 1 aliphatic heterocycles. The molecular formula is C29H35N3O3S. The second-order valence-corrected chi connectivity index (χ2v) is 11.4. The molecule has 1 atom stereocenters. The lowest BCUT2D eigenvalue weighted by Crippen LogP contribution is -2.51. The molecule has 1 saturated carbocycles. The fourth-order valence-corrected chi connectivity index (χ4v) is 6.59. The predicted molar refractivity (Wildman–Crippen MR) is 143 cm³/mol. The molecule has 1 unspecified atom stereocenters. The van der Waals surface area contributed by atoms with E-state index in [2.05, 4.69) is 16.0 Å². The molecule has 2 heterocycles. The van der Waals surface area contributed by atoms with Crippen molar-refractivity contribution in [3.63, 3.8) is 0 Å². The zero-order chi connectivity index (χ0) is 24.9. The number of hydrogen-bond acceptors (Lipinski definition) is 5. The molecule has 7 heteroatoms. The largest absolute Gasteiger partial charge is 0.481 e. The highest BCUT2D eigenvalue weighted by Gasteiger charge is 2.35. The Bertz CT molecular complexity index is 1090. The fraction of sp³-hybridized carbons (Fsp3) is 0.517. The van der Waals surface area contributed by atoms with Crippen LogP contribution in [0.15, 0.2) is 42.7 Å². The van der Waals surface area contributed by atoms with Crippen molar-refractivity contribution in [2.24, 2.45) is 17.8 Å². The van der Waals surface area contributed by atoms with E-state index in [9.17, 15) is 9.59 Å². The maximum Gasteiger partial charge on any atom is 0.310 e. The quantitative estimate of drug-likeness (QED) is 0.472. The van der Waals surface area contributed by atoms with Gasteiger partial charge in [0.2, 0.25) is 0 Å². The number of rotatable bonds is 6. The summed E-state index contributed by atoms with van der Waals surface area (Å²) in [7, 11) is 0. The first-order valence-corrected chi connectivity index (χ1v) is 14.3. The van der Waals surface area contributed by atoms with Crippen molar-refractivity contribution in [1.29, 1.82) is 0 Å². The number of nitrogens with zero attached hydrogens (tertiary/aromatic N) is 3. The number of allylic oxidation sites excluding steroid dienone is 2. The van der Waals surface area contributed by atoms with Crippen LogP contribution in [0.5, 0.6) is 0 Å². The molecule has 6 nitrogen and oxygen atoms in total. The van der Waals surface area contributed by atoms with Gasteiger partial charge in [-0.15, -0.1) is 0 Å². The third-order valence-electron chi connectivity index (χ3n) is 8.09. The summed E-state index contributed by atoms with van der Waals surface area (Å²) in [5.41, 5.74) is 4.54. The van der Waals surface area contributed by atoms with E-state index >= 15 is 0 Å².